The minimum absolute atomic E-state index is 0.0533. The molecule has 0 bridgehead atoms. The number of nitrogens with two attached hydrogens (primary N) is 1. The minimum atomic E-state index is -0.669. The molecule has 1 amide bonds. The van der Waals surface area contributed by atoms with Crippen LogP contribution in [0.25, 0.3) is 11.3 Å². The highest BCUT2D eigenvalue weighted by molar-refractivity contribution is 5.97. The largest absolute Gasteiger partial charge is 0.489 e. The molecule has 0 aliphatic carbocycles. The van der Waals surface area contributed by atoms with E-state index in [1.165, 1.54) is 0 Å². The summed E-state index contributed by atoms with van der Waals surface area (Å²) in [5.41, 5.74) is 8.48. The lowest BCUT2D eigenvalue weighted by molar-refractivity contribution is 0.0996. The number of aromatic nitrogens is 3. The van der Waals surface area contributed by atoms with Crippen molar-refractivity contribution < 1.29 is 14.3 Å². The number of nitrogens with zero attached hydrogens (tertiary/aromatic N) is 2. The Morgan fingerprint density at radius 3 is 2.10 bits per heavy atom. The second-order valence-corrected chi connectivity index (χ2v) is 6.59. The third-order valence-corrected chi connectivity index (χ3v) is 4.47. The summed E-state index contributed by atoms with van der Waals surface area (Å²) in [4.78, 5) is 11.7. The van der Waals surface area contributed by atoms with Crippen LogP contribution in [0.15, 0.2) is 78.9 Å². The molecule has 30 heavy (non-hydrogen) atoms. The smallest absolute Gasteiger partial charge is 0.271 e. The van der Waals surface area contributed by atoms with Crippen molar-refractivity contribution in [3.8, 4) is 22.8 Å². The maximum absolute atomic E-state index is 11.7. The first-order valence-electron chi connectivity index (χ1n) is 9.39. The Labute approximate surface area is 173 Å². The molecule has 0 unspecified atom stereocenters. The number of ether oxygens (including phenoxy) is 2. The fourth-order valence-electron chi connectivity index (χ4n) is 2.97. The Kier molecular flexibility index (Phi) is 5.70. The van der Waals surface area contributed by atoms with Crippen LogP contribution in [0.4, 0.5) is 0 Å². The quantitative estimate of drug-likeness (QED) is 0.469. The van der Waals surface area contributed by atoms with E-state index in [2.05, 4.69) is 15.4 Å². The molecule has 0 fully saturated rings. The number of nitrogens with one attached hydrogen (secondary N) is 1. The summed E-state index contributed by atoms with van der Waals surface area (Å²) < 4.78 is 12.0. The van der Waals surface area contributed by atoms with E-state index in [4.69, 9.17) is 15.2 Å². The van der Waals surface area contributed by atoms with Crippen molar-refractivity contribution in [1.82, 2.24) is 15.4 Å². The molecule has 7 nitrogen and oxygen atoms in total. The Hall–Kier alpha value is -4.13. The molecule has 4 rings (SSSR count). The van der Waals surface area contributed by atoms with Crippen LogP contribution in [0.1, 0.15) is 21.6 Å². The lowest BCUT2D eigenvalue weighted by Gasteiger charge is -2.13. The van der Waals surface area contributed by atoms with Gasteiger partial charge >= 0.3 is 0 Å². The van der Waals surface area contributed by atoms with Gasteiger partial charge in [-0.1, -0.05) is 60.7 Å². The number of aromatic amines is 1. The molecule has 0 radical (unpaired) electrons. The average molecular weight is 400 g/mol. The van der Waals surface area contributed by atoms with Gasteiger partial charge in [0.05, 0.1) is 0 Å². The molecule has 1 heterocycles. The van der Waals surface area contributed by atoms with Crippen molar-refractivity contribution >= 4 is 5.91 Å². The van der Waals surface area contributed by atoms with Gasteiger partial charge in [-0.25, -0.2) is 0 Å². The minimum Gasteiger partial charge on any atom is -0.489 e. The molecule has 0 aliphatic heterocycles. The normalized spacial score (nSPS) is 10.5. The number of carbonyl (C=O) groups excluding carboxylic acids is 1. The molecule has 0 saturated heterocycles. The lowest BCUT2D eigenvalue weighted by atomic mass is 10.1. The molecule has 0 atom stereocenters. The number of hydrogen-bond acceptors (Lipinski definition) is 5. The van der Waals surface area contributed by atoms with E-state index >= 15 is 0 Å². The van der Waals surface area contributed by atoms with Crippen molar-refractivity contribution in [3.05, 3.63) is 95.7 Å². The van der Waals surface area contributed by atoms with Crippen LogP contribution in [-0.4, -0.2) is 21.3 Å². The van der Waals surface area contributed by atoms with Crippen molar-refractivity contribution in [3.63, 3.8) is 0 Å². The van der Waals surface area contributed by atoms with E-state index in [1.807, 2.05) is 60.7 Å². The predicted molar refractivity (Wildman–Crippen MR) is 112 cm³/mol. The Morgan fingerprint density at radius 1 is 0.833 bits per heavy atom. The predicted octanol–water partition coefficient (Wildman–Crippen LogP) is 3.73. The third-order valence-electron chi connectivity index (χ3n) is 4.47. The fourth-order valence-corrected chi connectivity index (χ4v) is 2.97. The zero-order chi connectivity index (χ0) is 20.8. The van der Waals surface area contributed by atoms with Crippen LogP contribution in [-0.2, 0) is 13.2 Å². The van der Waals surface area contributed by atoms with E-state index in [0.717, 1.165) is 11.1 Å². The van der Waals surface area contributed by atoms with Gasteiger partial charge in [0.15, 0.2) is 5.69 Å². The summed E-state index contributed by atoms with van der Waals surface area (Å²) in [7, 11) is 0. The molecule has 150 valence electrons. The van der Waals surface area contributed by atoms with Crippen molar-refractivity contribution in [2.45, 2.75) is 13.2 Å². The molecule has 1 aromatic heterocycles. The monoisotopic (exact) mass is 400 g/mol. The Bertz CT molecular complexity index is 1130. The standard InChI is InChI=1S/C23H20N4O3/c24-23(28)22-21(25-27-26-22)19-12-11-18(29-14-16-7-3-1-4-8-16)13-20(19)30-15-17-9-5-2-6-10-17/h1-13H,14-15H2,(H2,24,28)(H,25,26,27). The SMILES string of the molecule is NC(=O)c1n[nH]nc1-c1ccc(OCc2ccccc2)cc1OCc1ccccc1. The highest BCUT2D eigenvalue weighted by Crippen LogP contribution is 2.34. The highest BCUT2D eigenvalue weighted by atomic mass is 16.5. The van der Waals surface area contributed by atoms with Gasteiger partial charge in [-0.05, 0) is 23.3 Å². The molecule has 3 aromatic carbocycles. The van der Waals surface area contributed by atoms with Crippen LogP contribution in [0.3, 0.4) is 0 Å². The number of carbonyl (C=O) groups is 1. The highest BCUT2D eigenvalue weighted by Gasteiger charge is 2.19. The summed E-state index contributed by atoms with van der Waals surface area (Å²) in [6.07, 6.45) is 0. The first-order valence-corrected chi connectivity index (χ1v) is 9.39. The lowest BCUT2D eigenvalue weighted by Crippen LogP contribution is -2.13. The summed E-state index contributed by atoms with van der Waals surface area (Å²) >= 11 is 0. The molecular weight excluding hydrogens is 380 g/mol. The van der Waals surface area contributed by atoms with Gasteiger partial charge in [0, 0.05) is 11.6 Å². The number of primary amides is 1. The number of amides is 1. The summed E-state index contributed by atoms with van der Waals surface area (Å²) in [5.74, 6) is 0.479. The summed E-state index contributed by atoms with van der Waals surface area (Å²) in [5, 5.41) is 10.4. The van der Waals surface area contributed by atoms with Gasteiger partial charge in [-0.2, -0.15) is 15.4 Å². The molecule has 7 heteroatoms. The number of benzene rings is 3. The van der Waals surface area contributed by atoms with E-state index in [-0.39, 0.29) is 5.69 Å². The fraction of sp³-hybridized carbons (Fsp3) is 0.0870. The van der Waals surface area contributed by atoms with E-state index in [1.54, 1.807) is 18.2 Å². The second kappa shape index (κ2) is 8.91. The molecule has 0 spiro atoms. The van der Waals surface area contributed by atoms with Gasteiger partial charge in [-0.15, -0.1) is 0 Å². The maximum Gasteiger partial charge on any atom is 0.271 e. The first kappa shape index (κ1) is 19.2. The number of hydrogen-bond donors (Lipinski definition) is 2. The molecule has 4 aromatic rings. The molecule has 0 aliphatic rings. The van der Waals surface area contributed by atoms with Crippen LogP contribution in [0, 0.1) is 0 Å². The Morgan fingerprint density at radius 2 is 1.47 bits per heavy atom. The number of rotatable bonds is 8. The average Bonchev–Trinajstić information content (AvgIpc) is 3.28. The summed E-state index contributed by atoms with van der Waals surface area (Å²) in [6.45, 7) is 0.772. The van der Waals surface area contributed by atoms with Gasteiger partial charge in [0.2, 0.25) is 0 Å². The van der Waals surface area contributed by atoms with Gasteiger partial charge in [0.1, 0.15) is 30.4 Å². The topological polar surface area (TPSA) is 103 Å². The number of H-pyrrole nitrogens is 1. The maximum atomic E-state index is 11.7. The molecule has 3 N–H and O–H groups in total. The zero-order valence-corrected chi connectivity index (χ0v) is 16.1. The Balaban J connectivity index is 1.62. The zero-order valence-electron chi connectivity index (χ0n) is 16.1. The van der Waals surface area contributed by atoms with E-state index < -0.39 is 5.91 Å². The van der Waals surface area contributed by atoms with Crippen LogP contribution in [0.5, 0.6) is 11.5 Å². The van der Waals surface area contributed by atoms with Crippen LogP contribution < -0.4 is 15.2 Å². The van der Waals surface area contributed by atoms with Crippen molar-refractivity contribution in [1.29, 1.82) is 0 Å². The van der Waals surface area contributed by atoms with E-state index in [9.17, 15) is 4.79 Å². The van der Waals surface area contributed by atoms with Crippen LogP contribution in [0.2, 0.25) is 0 Å². The third kappa shape index (κ3) is 4.47. The molecular formula is C23H20N4O3. The van der Waals surface area contributed by atoms with E-state index in [0.29, 0.717) is 36.0 Å². The summed E-state index contributed by atoms with van der Waals surface area (Å²) in [6, 6.07) is 25.0. The van der Waals surface area contributed by atoms with Gasteiger partial charge in [-0.3, -0.25) is 4.79 Å². The van der Waals surface area contributed by atoms with Gasteiger partial charge in [0.25, 0.3) is 5.91 Å². The van der Waals surface area contributed by atoms with Crippen molar-refractivity contribution in [2.75, 3.05) is 0 Å². The second-order valence-electron chi connectivity index (χ2n) is 6.59. The van der Waals surface area contributed by atoms with Crippen LogP contribution >= 0.6 is 0 Å². The first-order chi connectivity index (χ1) is 14.7. The van der Waals surface area contributed by atoms with Crippen molar-refractivity contribution in [2.24, 2.45) is 5.73 Å². The van der Waals surface area contributed by atoms with Gasteiger partial charge < -0.3 is 15.2 Å². The molecule has 0 saturated carbocycles.